The van der Waals surface area contributed by atoms with Crippen LogP contribution in [-0.2, 0) is 16.4 Å². The second-order valence-corrected chi connectivity index (χ2v) is 9.09. The second-order valence-electron chi connectivity index (χ2n) is 6.02. The number of anilines is 2. The van der Waals surface area contributed by atoms with Crippen molar-refractivity contribution in [2.45, 2.75) is 17.6 Å². The Labute approximate surface area is 148 Å². The highest BCUT2D eigenvalue weighted by Gasteiger charge is 2.18. The monoisotopic (exact) mass is 365 g/mol. The number of nitrogens with zero attached hydrogens (tertiary/aromatic N) is 2. The molecule has 1 aromatic heterocycles. The Morgan fingerprint density at radius 2 is 1.71 bits per heavy atom. The van der Waals surface area contributed by atoms with Crippen molar-refractivity contribution < 1.29 is 8.42 Å². The minimum absolute atomic E-state index is 0.363. The fourth-order valence-corrected chi connectivity index (χ4v) is 5.06. The molecule has 1 aliphatic rings. The molecule has 0 saturated carbocycles. The van der Waals surface area contributed by atoms with Crippen LogP contribution < -0.4 is 9.62 Å². The van der Waals surface area contributed by atoms with Gasteiger partial charge in [0.2, 0.25) is 0 Å². The van der Waals surface area contributed by atoms with Crippen molar-refractivity contribution in [1.82, 2.24) is 4.90 Å². The van der Waals surface area contributed by atoms with E-state index in [2.05, 4.69) is 21.6 Å². The molecule has 1 aromatic carbocycles. The fourth-order valence-electron chi connectivity index (χ4n) is 2.70. The van der Waals surface area contributed by atoms with Gasteiger partial charge >= 0.3 is 0 Å². The maximum atomic E-state index is 12.4. The van der Waals surface area contributed by atoms with Crippen LogP contribution in [0.2, 0.25) is 0 Å². The van der Waals surface area contributed by atoms with E-state index in [1.165, 1.54) is 11.3 Å². The molecule has 7 heteroatoms. The summed E-state index contributed by atoms with van der Waals surface area (Å²) < 4.78 is 27.9. The molecule has 1 fully saturated rings. The average Bonchev–Trinajstić information content (AvgIpc) is 3.06. The third-order valence-corrected chi connectivity index (χ3v) is 7.34. The standard InChI is InChI=1S/C17H23N3O2S2/c1-3-16-8-9-17(23-16)24(21,22)18-14-4-6-15(7-5-14)20-12-10-19(2)11-13-20/h4-9,18H,3,10-13H2,1-2H3. The number of benzene rings is 1. The summed E-state index contributed by atoms with van der Waals surface area (Å²) in [5.41, 5.74) is 1.73. The molecule has 0 radical (unpaired) electrons. The lowest BCUT2D eigenvalue weighted by Crippen LogP contribution is -2.44. The maximum absolute atomic E-state index is 12.4. The Hall–Kier alpha value is -1.57. The molecule has 1 aliphatic heterocycles. The number of aryl methyl sites for hydroxylation is 1. The molecule has 1 N–H and O–H groups in total. The molecule has 0 spiro atoms. The maximum Gasteiger partial charge on any atom is 0.271 e. The lowest BCUT2D eigenvalue weighted by Gasteiger charge is -2.34. The molecule has 1 saturated heterocycles. The molecule has 0 unspecified atom stereocenters. The van der Waals surface area contributed by atoms with Gasteiger partial charge in [0.1, 0.15) is 4.21 Å². The third kappa shape index (κ3) is 3.91. The predicted molar refractivity (Wildman–Crippen MR) is 101 cm³/mol. The van der Waals surface area contributed by atoms with E-state index >= 15 is 0 Å². The highest BCUT2D eigenvalue weighted by atomic mass is 32.2. The number of sulfonamides is 1. The lowest BCUT2D eigenvalue weighted by atomic mass is 10.2. The fraction of sp³-hybridized carbons (Fsp3) is 0.412. The zero-order chi connectivity index (χ0) is 17.2. The summed E-state index contributed by atoms with van der Waals surface area (Å²) in [6.45, 7) is 6.11. The number of thiophene rings is 1. The van der Waals surface area contributed by atoms with Gasteiger partial charge in [-0.15, -0.1) is 11.3 Å². The summed E-state index contributed by atoms with van der Waals surface area (Å²) in [7, 11) is -1.37. The van der Waals surface area contributed by atoms with Crippen LogP contribution in [0.25, 0.3) is 0 Å². The molecule has 3 rings (SSSR count). The van der Waals surface area contributed by atoms with Crippen molar-refractivity contribution in [2.75, 3.05) is 42.8 Å². The van der Waals surface area contributed by atoms with E-state index in [0.29, 0.717) is 9.90 Å². The SMILES string of the molecule is CCc1ccc(S(=O)(=O)Nc2ccc(N3CCN(C)CC3)cc2)s1. The van der Waals surface area contributed by atoms with Crippen molar-refractivity contribution in [3.05, 3.63) is 41.3 Å². The van der Waals surface area contributed by atoms with Gasteiger partial charge in [0.15, 0.2) is 0 Å². The first-order valence-corrected chi connectivity index (χ1v) is 10.4. The molecular formula is C17H23N3O2S2. The molecule has 2 heterocycles. The molecule has 24 heavy (non-hydrogen) atoms. The summed E-state index contributed by atoms with van der Waals surface area (Å²) in [6, 6.07) is 11.2. The Bertz CT molecular complexity index is 776. The van der Waals surface area contributed by atoms with Crippen LogP contribution in [0.4, 0.5) is 11.4 Å². The molecule has 0 aliphatic carbocycles. The number of piperazine rings is 1. The number of nitrogens with one attached hydrogen (secondary N) is 1. The van der Waals surface area contributed by atoms with Crippen LogP contribution in [0.1, 0.15) is 11.8 Å². The largest absolute Gasteiger partial charge is 0.369 e. The van der Waals surface area contributed by atoms with Gasteiger partial charge in [0.05, 0.1) is 0 Å². The first-order valence-electron chi connectivity index (χ1n) is 8.13. The van der Waals surface area contributed by atoms with Crippen molar-refractivity contribution >= 4 is 32.7 Å². The molecule has 0 amide bonds. The van der Waals surface area contributed by atoms with Crippen LogP contribution in [0.15, 0.2) is 40.6 Å². The normalized spacial score (nSPS) is 16.3. The molecule has 0 atom stereocenters. The van der Waals surface area contributed by atoms with Gasteiger partial charge in [-0.05, 0) is 49.9 Å². The zero-order valence-electron chi connectivity index (χ0n) is 14.0. The van der Waals surface area contributed by atoms with Gasteiger partial charge in [-0.3, -0.25) is 4.72 Å². The summed E-state index contributed by atoms with van der Waals surface area (Å²) in [5, 5.41) is 0. The zero-order valence-corrected chi connectivity index (χ0v) is 15.7. The Kier molecular flexibility index (Phi) is 5.12. The van der Waals surface area contributed by atoms with E-state index in [1.807, 2.05) is 37.3 Å². The van der Waals surface area contributed by atoms with E-state index in [9.17, 15) is 8.42 Å². The molecule has 0 bridgehead atoms. The third-order valence-electron chi connectivity index (χ3n) is 4.24. The average molecular weight is 366 g/mol. The van der Waals surface area contributed by atoms with Crippen molar-refractivity contribution in [2.24, 2.45) is 0 Å². The lowest BCUT2D eigenvalue weighted by molar-refractivity contribution is 0.313. The van der Waals surface area contributed by atoms with Crippen molar-refractivity contribution in [1.29, 1.82) is 0 Å². The predicted octanol–water partition coefficient (Wildman–Crippen LogP) is 2.86. The minimum Gasteiger partial charge on any atom is -0.369 e. The Morgan fingerprint density at radius 1 is 1.04 bits per heavy atom. The van der Waals surface area contributed by atoms with Gasteiger partial charge in [-0.1, -0.05) is 6.92 Å². The smallest absolute Gasteiger partial charge is 0.271 e. The summed E-state index contributed by atoms with van der Waals surface area (Å²) in [5.74, 6) is 0. The van der Waals surface area contributed by atoms with Gasteiger partial charge < -0.3 is 9.80 Å². The number of likely N-dealkylation sites (N-methyl/N-ethyl adjacent to an activating group) is 1. The van der Waals surface area contributed by atoms with E-state index in [-0.39, 0.29) is 0 Å². The summed E-state index contributed by atoms with van der Waals surface area (Å²) in [6.07, 6.45) is 0.847. The van der Waals surface area contributed by atoms with Crippen LogP contribution in [-0.4, -0.2) is 46.5 Å². The van der Waals surface area contributed by atoms with Crippen LogP contribution in [0, 0.1) is 0 Å². The molecular weight excluding hydrogens is 342 g/mol. The van der Waals surface area contributed by atoms with E-state index in [0.717, 1.165) is 43.2 Å². The highest BCUT2D eigenvalue weighted by molar-refractivity contribution is 7.94. The van der Waals surface area contributed by atoms with Gasteiger partial charge in [-0.25, -0.2) is 8.42 Å². The Balaban J connectivity index is 1.69. The highest BCUT2D eigenvalue weighted by Crippen LogP contribution is 2.25. The number of hydrogen-bond donors (Lipinski definition) is 1. The quantitative estimate of drug-likeness (QED) is 0.885. The van der Waals surface area contributed by atoms with Gasteiger partial charge in [-0.2, -0.15) is 0 Å². The number of rotatable bonds is 5. The van der Waals surface area contributed by atoms with E-state index in [4.69, 9.17) is 0 Å². The van der Waals surface area contributed by atoms with Crippen molar-refractivity contribution in [3.63, 3.8) is 0 Å². The molecule has 130 valence electrons. The van der Waals surface area contributed by atoms with Crippen LogP contribution in [0.3, 0.4) is 0 Å². The van der Waals surface area contributed by atoms with Gasteiger partial charge in [0.25, 0.3) is 10.0 Å². The Morgan fingerprint density at radius 3 is 2.29 bits per heavy atom. The van der Waals surface area contributed by atoms with E-state index < -0.39 is 10.0 Å². The topological polar surface area (TPSA) is 52.7 Å². The number of hydrogen-bond acceptors (Lipinski definition) is 5. The second kappa shape index (κ2) is 7.13. The van der Waals surface area contributed by atoms with Crippen LogP contribution in [0.5, 0.6) is 0 Å². The first-order chi connectivity index (χ1) is 11.5. The summed E-state index contributed by atoms with van der Waals surface area (Å²) >= 11 is 1.32. The minimum atomic E-state index is -3.50. The summed E-state index contributed by atoms with van der Waals surface area (Å²) in [4.78, 5) is 5.70. The molecule has 2 aromatic rings. The van der Waals surface area contributed by atoms with Crippen molar-refractivity contribution in [3.8, 4) is 0 Å². The van der Waals surface area contributed by atoms with Gasteiger partial charge in [0, 0.05) is 42.4 Å². The first kappa shape index (κ1) is 17.3. The van der Waals surface area contributed by atoms with Crippen LogP contribution >= 0.6 is 11.3 Å². The molecule has 5 nitrogen and oxygen atoms in total. The van der Waals surface area contributed by atoms with E-state index in [1.54, 1.807) is 6.07 Å².